The molecule has 0 spiro atoms. The van der Waals surface area contributed by atoms with Crippen molar-refractivity contribution in [1.82, 2.24) is 15.5 Å². The number of amides is 1. The molecule has 0 atom stereocenters. The van der Waals surface area contributed by atoms with Crippen LogP contribution in [0, 0.1) is 0 Å². The van der Waals surface area contributed by atoms with Crippen LogP contribution in [0.3, 0.4) is 0 Å². The number of anilines is 2. The lowest BCUT2D eigenvalue weighted by molar-refractivity contribution is 0.0522. The molecular formula is C16H17ClN4O4. The van der Waals surface area contributed by atoms with Gasteiger partial charge in [-0.3, -0.25) is 4.79 Å². The van der Waals surface area contributed by atoms with Crippen molar-refractivity contribution in [3.8, 4) is 5.75 Å². The van der Waals surface area contributed by atoms with Gasteiger partial charge >= 0.3 is 5.97 Å². The molecule has 132 valence electrons. The summed E-state index contributed by atoms with van der Waals surface area (Å²) in [6.45, 7) is -0.854. The van der Waals surface area contributed by atoms with E-state index in [0.717, 1.165) is 0 Å². The number of nitrogens with one attached hydrogen (secondary N) is 2. The van der Waals surface area contributed by atoms with Crippen LogP contribution in [0.2, 0.25) is 5.15 Å². The molecule has 1 heterocycles. The number of carbonyl (C=O) groups excluding carboxylic acids is 2. The summed E-state index contributed by atoms with van der Waals surface area (Å²) >= 11 is 5.86. The second-order valence-corrected chi connectivity index (χ2v) is 5.00. The number of ether oxygens (including phenoxy) is 2. The highest BCUT2D eigenvalue weighted by Gasteiger charge is 2.19. The van der Waals surface area contributed by atoms with Gasteiger partial charge in [0.2, 0.25) is 0 Å². The Morgan fingerprint density at radius 1 is 1.32 bits per heavy atom. The number of methoxy groups -OCH3 is 1. The Labute approximate surface area is 153 Å². The monoisotopic (exact) mass is 367 g/mol. The molecule has 0 bridgehead atoms. The van der Waals surface area contributed by atoms with Gasteiger partial charge in [-0.05, 0) is 19.1 Å². The lowest BCUT2D eigenvalue weighted by Crippen LogP contribution is -2.21. The van der Waals surface area contributed by atoms with Gasteiger partial charge in [0.1, 0.15) is 5.56 Å². The van der Waals surface area contributed by atoms with Gasteiger partial charge in [-0.2, -0.15) is 0 Å². The topological polar surface area (TPSA) is 102 Å². The minimum absolute atomic E-state index is 0.0338. The van der Waals surface area contributed by atoms with Gasteiger partial charge in [-0.15, -0.1) is 10.2 Å². The third kappa shape index (κ3) is 4.16. The normalized spacial score (nSPS) is 12.4. The summed E-state index contributed by atoms with van der Waals surface area (Å²) in [7, 11) is 1.36. The van der Waals surface area contributed by atoms with Gasteiger partial charge in [0, 0.05) is 17.2 Å². The van der Waals surface area contributed by atoms with E-state index in [1.165, 1.54) is 19.2 Å². The van der Waals surface area contributed by atoms with Crippen LogP contribution in [0.15, 0.2) is 24.3 Å². The summed E-state index contributed by atoms with van der Waals surface area (Å²) in [6.07, 6.45) is 0. The summed E-state index contributed by atoms with van der Waals surface area (Å²) in [5, 5.41) is 11.9. The van der Waals surface area contributed by atoms with Crippen LogP contribution < -0.4 is 15.4 Å². The number of esters is 1. The molecule has 0 aliphatic heterocycles. The maximum absolute atomic E-state index is 12.2. The van der Waals surface area contributed by atoms with E-state index >= 15 is 0 Å². The van der Waals surface area contributed by atoms with Crippen molar-refractivity contribution in [2.24, 2.45) is 0 Å². The summed E-state index contributed by atoms with van der Waals surface area (Å²) in [6, 6.07) is 5.97. The molecule has 0 aliphatic rings. The smallest absolute Gasteiger partial charge is 0.341 e. The van der Waals surface area contributed by atoms with Crippen molar-refractivity contribution in [3.05, 3.63) is 40.7 Å². The molecule has 0 fully saturated rings. The van der Waals surface area contributed by atoms with E-state index in [1.807, 2.05) is 5.32 Å². The van der Waals surface area contributed by atoms with Crippen molar-refractivity contribution in [3.63, 3.8) is 0 Å². The van der Waals surface area contributed by atoms with E-state index in [1.54, 1.807) is 19.1 Å². The number of carbonyl (C=O) groups is 2. The Hall–Kier alpha value is -2.87. The summed E-state index contributed by atoms with van der Waals surface area (Å²) < 4.78 is 31.8. The van der Waals surface area contributed by atoms with Crippen molar-refractivity contribution < 1.29 is 23.2 Å². The zero-order valence-electron chi connectivity index (χ0n) is 16.4. The van der Waals surface area contributed by atoms with E-state index in [-0.39, 0.29) is 34.5 Å². The fraction of sp³-hybridized carbons (Fsp3) is 0.250. The van der Waals surface area contributed by atoms with Crippen LogP contribution in [0.4, 0.5) is 11.4 Å². The van der Waals surface area contributed by atoms with Crippen LogP contribution in [0.25, 0.3) is 0 Å². The molecule has 9 heteroatoms. The fourth-order valence-electron chi connectivity index (χ4n) is 2.06. The summed E-state index contributed by atoms with van der Waals surface area (Å²) in [5.74, 6) is -1.41. The van der Waals surface area contributed by atoms with E-state index in [0.29, 0.717) is 5.69 Å². The molecule has 0 saturated heterocycles. The minimum Gasteiger partial charge on any atom is -0.494 e. The number of hydrogen-bond donors (Lipinski definition) is 2. The lowest BCUT2D eigenvalue weighted by Gasteiger charge is -2.15. The summed E-state index contributed by atoms with van der Waals surface area (Å²) in [4.78, 5) is 24.4. The Morgan fingerprint density at radius 2 is 2.12 bits per heavy atom. The Morgan fingerprint density at radius 3 is 2.80 bits per heavy atom. The average Bonchev–Trinajstić information content (AvgIpc) is 2.60. The molecule has 2 aromatic rings. The molecule has 0 unspecified atom stereocenters. The molecular weight excluding hydrogens is 348 g/mol. The van der Waals surface area contributed by atoms with Crippen LogP contribution in [0.5, 0.6) is 5.75 Å². The van der Waals surface area contributed by atoms with Crippen LogP contribution >= 0.6 is 11.6 Å². The summed E-state index contributed by atoms with van der Waals surface area (Å²) in [5.41, 5.74) is 0.237. The number of rotatable bonds is 6. The average molecular weight is 368 g/mol. The van der Waals surface area contributed by atoms with Crippen molar-refractivity contribution >= 4 is 34.9 Å². The minimum atomic E-state index is -2.71. The van der Waals surface area contributed by atoms with Gasteiger partial charge in [0.15, 0.2) is 16.6 Å². The fourth-order valence-corrected chi connectivity index (χ4v) is 2.21. The number of benzene rings is 1. The van der Waals surface area contributed by atoms with Gasteiger partial charge in [-0.25, -0.2) is 4.79 Å². The van der Waals surface area contributed by atoms with Crippen LogP contribution in [-0.2, 0) is 4.74 Å². The third-order valence-electron chi connectivity index (χ3n) is 3.08. The third-order valence-corrected chi connectivity index (χ3v) is 3.26. The predicted octanol–water partition coefficient (Wildman–Crippen LogP) is 2.42. The van der Waals surface area contributed by atoms with E-state index in [2.05, 4.69) is 15.5 Å². The van der Waals surface area contributed by atoms with Gasteiger partial charge in [0.25, 0.3) is 5.91 Å². The highest BCUT2D eigenvalue weighted by atomic mass is 35.5. The lowest BCUT2D eigenvalue weighted by atomic mass is 10.1. The second kappa shape index (κ2) is 8.29. The maximum atomic E-state index is 12.2. The molecule has 25 heavy (non-hydrogen) atoms. The number of para-hydroxylation sites is 1. The molecule has 1 aromatic heterocycles. The highest BCUT2D eigenvalue weighted by molar-refractivity contribution is 6.29. The Bertz CT molecular complexity index is 893. The first-order valence-corrected chi connectivity index (χ1v) is 7.51. The Balaban J connectivity index is 2.46. The molecule has 0 radical (unpaired) electrons. The van der Waals surface area contributed by atoms with Crippen molar-refractivity contribution in [2.75, 3.05) is 26.0 Å². The van der Waals surface area contributed by atoms with E-state index in [4.69, 9.17) is 25.2 Å². The van der Waals surface area contributed by atoms with Gasteiger partial charge in [0.05, 0.1) is 25.1 Å². The van der Waals surface area contributed by atoms with Crippen LogP contribution in [-0.4, -0.2) is 42.8 Å². The van der Waals surface area contributed by atoms with Crippen LogP contribution in [0.1, 0.15) is 31.9 Å². The molecule has 1 aromatic carbocycles. The second-order valence-electron chi connectivity index (χ2n) is 4.62. The zero-order valence-corrected chi connectivity index (χ0v) is 14.2. The largest absolute Gasteiger partial charge is 0.494 e. The molecule has 0 aliphatic carbocycles. The quantitative estimate of drug-likeness (QED) is 0.756. The Kier molecular flexibility index (Phi) is 4.80. The first-order valence-electron chi connectivity index (χ1n) is 8.63. The number of hydrogen-bond acceptors (Lipinski definition) is 7. The number of nitrogens with zero attached hydrogens (tertiary/aromatic N) is 2. The number of aromatic nitrogens is 2. The highest BCUT2D eigenvalue weighted by Crippen LogP contribution is 2.33. The predicted molar refractivity (Wildman–Crippen MR) is 92.7 cm³/mol. The maximum Gasteiger partial charge on any atom is 0.341 e. The first kappa shape index (κ1) is 14.5. The van der Waals surface area contributed by atoms with Crippen molar-refractivity contribution in [1.29, 1.82) is 0 Å². The molecule has 2 N–H and O–H groups in total. The molecule has 1 amide bonds. The zero-order chi connectivity index (χ0) is 20.9. The molecule has 2 rings (SSSR count). The molecule has 0 saturated carbocycles. The molecule has 8 nitrogen and oxygen atoms in total. The van der Waals surface area contributed by atoms with E-state index < -0.39 is 18.9 Å². The number of halogens is 1. The van der Waals surface area contributed by atoms with E-state index in [9.17, 15) is 9.59 Å². The standard InChI is InChI=1S/C16H17ClN4O4/c1-4-25-16(23)9-6-5-7-10(14(9)24-3)19-11-8-12(17)20-21-13(11)15(22)18-2/h5-8H,4H2,1-3H3,(H,18,22)(H,19,20)/i2D3. The van der Waals surface area contributed by atoms with Gasteiger partial charge < -0.3 is 20.1 Å². The SMILES string of the molecule is [2H]C([2H])([2H])NC(=O)c1nnc(Cl)cc1Nc1cccc(C(=O)OCC)c1OC. The van der Waals surface area contributed by atoms with Gasteiger partial charge in [-0.1, -0.05) is 17.7 Å². The van der Waals surface area contributed by atoms with Crippen molar-refractivity contribution in [2.45, 2.75) is 6.92 Å². The first-order chi connectivity index (χ1) is 13.2.